The fourth-order valence-corrected chi connectivity index (χ4v) is 3.50. The second-order valence-corrected chi connectivity index (χ2v) is 5.89. The summed E-state index contributed by atoms with van der Waals surface area (Å²) in [5, 5.41) is 12.2. The third-order valence-electron chi connectivity index (χ3n) is 4.82. The van der Waals surface area contributed by atoms with Crippen molar-refractivity contribution in [1.29, 1.82) is 0 Å². The van der Waals surface area contributed by atoms with Crippen molar-refractivity contribution in [1.82, 2.24) is 4.90 Å². The Morgan fingerprint density at radius 1 is 1.19 bits per heavy atom. The van der Waals surface area contributed by atoms with Gasteiger partial charge >= 0.3 is 0 Å². The van der Waals surface area contributed by atoms with Gasteiger partial charge in [0.25, 0.3) is 0 Å². The number of nitrogens with zero attached hydrogens (tertiary/aromatic N) is 2. The number of oxime groups is 1. The minimum Gasteiger partial charge on any atom is -0.409 e. The van der Waals surface area contributed by atoms with Gasteiger partial charge in [0.15, 0.2) is 5.84 Å². The summed E-state index contributed by atoms with van der Waals surface area (Å²) in [4.78, 5) is 14.7. The lowest BCUT2D eigenvalue weighted by atomic mass is 9.72. The number of carbonyl (C=O) groups excluding carboxylic acids is 1. The highest BCUT2D eigenvalue weighted by atomic mass is 16.5. The first-order valence-corrected chi connectivity index (χ1v) is 7.42. The number of rotatable bonds is 4. The maximum Gasteiger partial charge on any atom is 0.236 e. The summed E-state index contributed by atoms with van der Waals surface area (Å²) in [6.07, 6.45) is 3.91. The van der Waals surface area contributed by atoms with E-state index in [1.165, 1.54) is 0 Å². The number of ether oxygens (including phenoxy) is 2. The fourth-order valence-electron chi connectivity index (χ4n) is 3.50. The lowest BCUT2D eigenvalue weighted by Crippen LogP contribution is -2.52. The van der Waals surface area contributed by atoms with Crippen LogP contribution in [-0.4, -0.2) is 61.4 Å². The van der Waals surface area contributed by atoms with Crippen LogP contribution in [0.2, 0.25) is 0 Å². The minimum atomic E-state index is -0.867. The van der Waals surface area contributed by atoms with E-state index in [4.69, 9.17) is 20.4 Å². The zero-order valence-corrected chi connectivity index (χ0v) is 12.7. The summed E-state index contributed by atoms with van der Waals surface area (Å²) < 4.78 is 10.7. The highest BCUT2D eigenvalue weighted by Gasteiger charge is 2.49. The van der Waals surface area contributed by atoms with Crippen molar-refractivity contribution < 1.29 is 19.5 Å². The van der Waals surface area contributed by atoms with Crippen LogP contribution in [0.25, 0.3) is 0 Å². The fraction of sp³-hybridized carbons (Fsp3) is 0.857. The number of amidine groups is 1. The van der Waals surface area contributed by atoms with Crippen LogP contribution in [0.5, 0.6) is 0 Å². The first-order valence-electron chi connectivity index (χ1n) is 7.42. The SMILES string of the molecule is COC1CN(C(=O)C2(C(N)=NO)CCCCC2)CC1OC. The lowest BCUT2D eigenvalue weighted by Gasteiger charge is -2.37. The molecule has 2 rings (SSSR count). The van der Waals surface area contributed by atoms with E-state index in [-0.39, 0.29) is 24.0 Å². The summed E-state index contributed by atoms with van der Waals surface area (Å²) in [7, 11) is 3.23. The lowest BCUT2D eigenvalue weighted by molar-refractivity contribution is -0.139. The molecule has 1 saturated heterocycles. The summed E-state index contributed by atoms with van der Waals surface area (Å²) in [5.41, 5.74) is 5.01. The Labute approximate surface area is 125 Å². The topological polar surface area (TPSA) is 97.4 Å². The monoisotopic (exact) mass is 299 g/mol. The molecule has 0 radical (unpaired) electrons. The molecule has 0 bridgehead atoms. The number of amides is 1. The van der Waals surface area contributed by atoms with Gasteiger partial charge in [0.1, 0.15) is 17.6 Å². The predicted octanol–water partition coefficient (Wildman–Crippen LogP) is 0.556. The van der Waals surface area contributed by atoms with Gasteiger partial charge in [-0.1, -0.05) is 24.4 Å². The molecule has 0 aromatic carbocycles. The van der Waals surface area contributed by atoms with Gasteiger partial charge in [-0.3, -0.25) is 4.79 Å². The smallest absolute Gasteiger partial charge is 0.236 e. The van der Waals surface area contributed by atoms with Crippen LogP contribution in [0.3, 0.4) is 0 Å². The van der Waals surface area contributed by atoms with Crippen LogP contribution in [0, 0.1) is 5.41 Å². The van der Waals surface area contributed by atoms with E-state index in [1.807, 2.05) is 0 Å². The first-order chi connectivity index (χ1) is 10.1. The Bertz CT molecular complexity index is 395. The molecule has 1 saturated carbocycles. The van der Waals surface area contributed by atoms with Crippen molar-refractivity contribution in [2.24, 2.45) is 16.3 Å². The van der Waals surface area contributed by atoms with E-state index in [2.05, 4.69) is 5.16 Å². The van der Waals surface area contributed by atoms with Gasteiger partial charge in [-0.05, 0) is 12.8 Å². The molecule has 0 aromatic heterocycles. The molecule has 7 nitrogen and oxygen atoms in total. The zero-order chi connectivity index (χ0) is 15.5. The standard InChI is InChI=1S/C14H25N3O4/c1-20-10-8-17(9-11(10)21-2)13(18)14(12(15)16-19)6-4-3-5-7-14/h10-11,19H,3-9H2,1-2H3,(H2,15,16). The quantitative estimate of drug-likeness (QED) is 0.342. The number of methoxy groups -OCH3 is 2. The van der Waals surface area contributed by atoms with Gasteiger partial charge in [0.05, 0.1) is 0 Å². The minimum absolute atomic E-state index is 0.0297. The van der Waals surface area contributed by atoms with E-state index in [1.54, 1.807) is 19.1 Å². The van der Waals surface area contributed by atoms with Crippen LogP contribution in [-0.2, 0) is 14.3 Å². The summed E-state index contributed by atoms with van der Waals surface area (Å²) >= 11 is 0. The van der Waals surface area contributed by atoms with Crippen molar-refractivity contribution >= 4 is 11.7 Å². The van der Waals surface area contributed by atoms with Gasteiger partial charge in [-0.2, -0.15) is 0 Å². The molecule has 21 heavy (non-hydrogen) atoms. The number of likely N-dealkylation sites (tertiary alicyclic amines) is 1. The van der Waals surface area contributed by atoms with Crippen molar-refractivity contribution in [2.45, 2.75) is 44.3 Å². The average Bonchev–Trinajstić information content (AvgIpc) is 2.97. The Morgan fingerprint density at radius 3 is 2.14 bits per heavy atom. The van der Waals surface area contributed by atoms with Crippen LogP contribution in [0.15, 0.2) is 5.16 Å². The maximum absolute atomic E-state index is 13.0. The van der Waals surface area contributed by atoms with Crippen molar-refractivity contribution in [3.8, 4) is 0 Å². The molecule has 0 aromatic rings. The molecule has 2 aliphatic rings. The molecule has 2 atom stereocenters. The maximum atomic E-state index is 13.0. The van der Waals surface area contributed by atoms with Gasteiger partial charge in [0, 0.05) is 27.3 Å². The van der Waals surface area contributed by atoms with Gasteiger partial charge in [-0.25, -0.2) is 0 Å². The summed E-state index contributed by atoms with van der Waals surface area (Å²) in [6.45, 7) is 0.961. The molecule has 2 unspecified atom stereocenters. The Kier molecular flexibility index (Phi) is 5.05. The summed E-state index contributed by atoms with van der Waals surface area (Å²) in [5.74, 6) is -0.0406. The Balaban J connectivity index is 2.20. The van der Waals surface area contributed by atoms with Gasteiger partial charge < -0.3 is 25.3 Å². The zero-order valence-electron chi connectivity index (χ0n) is 12.7. The van der Waals surface area contributed by atoms with Crippen molar-refractivity contribution in [3.63, 3.8) is 0 Å². The van der Waals surface area contributed by atoms with E-state index < -0.39 is 5.41 Å². The number of carbonyl (C=O) groups is 1. The number of hydrogen-bond acceptors (Lipinski definition) is 5. The molecular formula is C14H25N3O4. The van der Waals surface area contributed by atoms with Crippen LogP contribution in [0.4, 0.5) is 0 Å². The molecular weight excluding hydrogens is 274 g/mol. The van der Waals surface area contributed by atoms with E-state index in [0.717, 1.165) is 19.3 Å². The first kappa shape index (κ1) is 16.0. The van der Waals surface area contributed by atoms with Crippen LogP contribution in [0.1, 0.15) is 32.1 Å². The largest absolute Gasteiger partial charge is 0.409 e. The summed E-state index contributed by atoms with van der Waals surface area (Å²) in [6, 6.07) is 0. The molecule has 7 heteroatoms. The number of hydrogen-bond donors (Lipinski definition) is 2. The molecule has 2 fully saturated rings. The molecule has 0 spiro atoms. The molecule has 1 aliphatic heterocycles. The average molecular weight is 299 g/mol. The van der Waals surface area contributed by atoms with Crippen molar-refractivity contribution in [3.05, 3.63) is 0 Å². The highest BCUT2D eigenvalue weighted by Crippen LogP contribution is 2.39. The molecule has 3 N–H and O–H groups in total. The Hall–Kier alpha value is -1.34. The highest BCUT2D eigenvalue weighted by molar-refractivity contribution is 6.06. The predicted molar refractivity (Wildman–Crippen MR) is 77.1 cm³/mol. The molecule has 1 amide bonds. The van der Waals surface area contributed by atoms with Crippen molar-refractivity contribution in [2.75, 3.05) is 27.3 Å². The van der Waals surface area contributed by atoms with E-state index >= 15 is 0 Å². The third-order valence-corrected chi connectivity index (χ3v) is 4.82. The normalized spacial score (nSPS) is 29.6. The Morgan fingerprint density at radius 2 is 1.71 bits per heavy atom. The number of nitrogens with two attached hydrogens (primary N) is 1. The van der Waals surface area contributed by atoms with Crippen LogP contribution < -0.4 is 5.73 Å². The van der Waals surface area contributed by atoms with Crippen LogP contribution >= 0.6 is 0 Å². The van der Waals surface area contributed by atoms with Gasteiger partial charge in [-0.15, -0.1) is 0 Å². The van der Waals surface area contributed by atoms with E-state index in [9.17, 15) is 4.79 Å². The molecule has 120 valence electrons. The second kappa shape index (κ2) is 6.62. The molecule has 1 heterocycles. The molecule has 1 aliphatic carbocycles. The van der Waals surface area contributed by atoms with Gasteiger partial charge in [0.2, 0.25) is 5.91 Å². The third kappa shape index (κ3) is 2.85. The van der Waals surface area contributed by atoms with E-state index in [0.29, 0.717) is 25.9 Å². The second-order valence-electron chi connectivity index (χ2n) is 5.89.